The lowest BCUT2D eigenvalue weighted by Crippen LogP contribution is -2.42. The first-order valence-electron chi connectivity index (χ1n) is 12.6. The highest BCUT2D eigenvalue weighted by Gasteiger charge is 2.23. The number of nitrogens with zero attached hydrogens (tertiary/aromatic N) is 2. The maximum Gasteiger partial charge on any atom is 0.412 e. The number of hydrogen-bond donors (Lipinski definition) is 3. The van der Waals surface area contributed by atoms with E-state index in [2.05, 4.69) is 15.7 Å². The van der Waals surface area contributed by atoms with Crippen LogP contribution in [0.3, 0.4) is 0 Å². The van der Waals surface area contributed by atoms with E-state index in [0.29, 0.717) is 33.2 Å². The zero-order valence-electron chi connectivity index (χ0n) is 22.2. The molecule has 0 radical (unpaired) electrons. The number of aromatic nitrogens is 2. The summed E-state index contributed by atoms with van der Waals surface area (Å²) in [5, 5.41) is 20.0. The van der Waals surface area contributed by atoms with Crippen molar-refractivity contribution >= 4 is 35.3 Å². The molecule has 1 heterocycles. The molecular formula is C30H29ClN4O5. The van der Waals surface area contributed by atoms with E-state index in [-0.39, 0.29) is 12.0 Å². The number of nitrogens with one attached hydrogen (secondary N) is 2. The van der Waals surface area contributed by atoms with Crippen molar-refractivity contribution in [1.29, 1.82) is 0 Å². The van der Waals surface area contributed by atoms with Crippen LogP contribution in [-0.2, 0) is 23.0 Å². The quantitative estimate of drug-likeness (QED) is 0.238. The van der Waals surface area contributed by atoms with Crippen LogP contribution < -0.4 is 10.6 Å². The van der Waals surface area contributed by atoms with Crippen molar-refractivity contribution in [1.82, 2.24) is 15.1 Å². The maximum atomic E-state index is 12.9. The predicted octanol–water partition coefficient (Wildman–Crippen LogP) is 5.78. The van der Waals surface area contributed by atoms with E-state index >= 15 is 0 Å². The van der Waals surface area contributed by atoms with Crippen LogP contribution in [0.2, 0.25) is 5.02 Å². The number of rotatable bonds is 9. The van der Waals surface area contributed by atoms with Gasteiger partial charge in [0, 0.05) is 29.6 Å². The van der Waals surface area contributed by atoms with Gasteiger partial charge in [-0.15, -0.1) is 0 Å². The fraction of sp³-hybridized carbons (Fsp3) is 0.200. The molecule has 10 heteroatoms. The molecule has 40 heavy (non-hydrogen) atoms. The Balaban J connectivity index is 1.47. The van der Waals surface area contributed by atoms with Crippen LogP contribution >= 0.6 is 11.6 Å². The van der Waals surface area contributed by atoms with Crippen LogP contribution in [0.1, 0.15) is 40.2 Å². The topological polar surface area (TPSA) is 123 Å². The van der Waals surface area contributed by atoms with Crippen LogP contribution in [0.5, 0.6) is 0 Å². The number of aryl methyl sites for hydroxylation is 1. The van der Waals surface area contributed by atoms with Gasteiger partial charge < -0.3 is 15.2 Å². The van der Waals surface area contributed by atoms with Gasteiger partial charge >= 0.3 is 12.1 Å². The zero-order valence-corrected chi connectivity index (χ0v) is 23.0. The Morgan fingerprint density at radius 1 is 1.00 bits per heavy atom. The summed E-state index contributed by atoms with van der Waals surface area (Å²) in [6.45, 7) is 3.61. The molecule has 2 amide bonds. The minimum atomic E-state index is -1.17. The average Bonchev–Trinajstić information content (AvgIpc) is 3.22. The monoisotopic (exact) mass is 560 g/mol. The van der Waals surface area contributed by atoms with Crippen molar-refractivity contribution in [2.75, 3.05) is 5.32 Å². The lowest BCUT2D eigenvalue weighted by molar-refractivity contribution is -0.139. The summed E-state index contributed by atoms with van der Waals surface area (Å²) in [5.41, 5.74) is 4.10. The number of halogens is 1. The highest BCUT2D eigenvalue weighted by molar-refractivity contribution is 6.31. The summed E-state index contributed by atoms with van der Waals surface area (Å²) in [5.74, 6) is -1.71. The molecule has 0 aliphatic heterocycles. The van der Waals surface area contributed by atoms with Crippen LogP contribution in [-0.4, -0.2) is 38.9 Å². The van der Waals surface area contributed by atoms with Gasteiger partial charge in [-0.3, -0.25) is 14.8 Å². The number of aliphatic carboxylic acids is 1. The fourth-order valence-electron chi connectivity index (χ4n) is 4.15. The van der Waals surface area contributed by atoms with Crippen molar-refractivity contribution in [3.63, 3.8) is 0 Å². The maximum absolute atomic E-state index is 12.9. The van der Waals surface area contributed by atoms with Crippen LogP contribution in [0.25, 0.3) is 11.3 Å². The minimum absolute atomic E-state index is 0.0417. The summed E-state index contributed by atoms with van der Waals surface area (Å²) in [6.07, 6.45) is -1.03. The molecule has 0 aliphatic rings. The Kier molecular flexibility index (Phi) is 8.86. The second kappa shape index (κ2) is 12.5. The fourth-order valence-corrected chi connectivity index (χ4v) is 4.36. The summed E-state index contributed by atoms with van der Waals surface area (Å²) >= 11 is 6.16. The predicted molar refractivity (Wildman–Crippen MR) is 152 cm³/mol. The van der Waals surface area contributed by atoms with Gasteiger partial charge in [0.25, 0.3) is 5.91 Å². The van der Waals surface area contributed by atoms with E-state index in [1.807, 2.05) is 37.3 Å². The smallest absolute Gasteiger partial charge is 0.412 e. The number of anilines is 1. The summed E-state index contributed by atoms with van der Waals surface area (Å²) in [6, 6.07) is 21.7. The van der Waals surface area contributed by atoms with Gasteiger partial charge in [0.2, 0.25) is 0 Å². The number of carbonyl (C=O) groups is 3. The molecule has 0 fully saturated rings. The molecular weight excluding hydrogens is 532 g/mol. The molecule has 0 aliphatic carbocycles. The molecule has 2 unspecified atom stereocenters. The van der Waals surface area contributed by atoms with E-state index in [4.69, 9.17) is 16.3 Å². The third-order valence-corrected chi connectivity index (χ3v) is 6.89. The average molecular weight is 561 g/mol. The second-order valence-corrected chi connectivity index (χ2v) is 9.66. The Morgan fingerprint density at radius 2 is 1.65 bits per heavy atom. The Morgan fingerprint density at radius 3 is 2.30 bits per heavy atom. The second-order valence-electron chi connectivity index (χ2n) is 9.25. The van der Waals surface area contributed by atoms with Gasteiger partial charge in [0.05, 0.1) is 11.4 Å². The van der Waals surface area contributed by atoms with E-state index < -0.39 is 30.1 Å². The van der Waals surface area contributed by atoms with Crippen LogP contribution in [0, 0.1) is 6.92 Å². The number of carbonyl (C=O) groups excluding carboxylic acids is 2. The molecule has 1 aromatic heterocycles. The summed E-state index contributed by atoms with van der Waals surface area (Å²) < 4.78 is 7.19. The van der Waals surface area contributed by atoms with Gasteiger partial charge in [0.1, 0.15) is 17.8 Å². The van der Waals surface area contributed by atoms with Crippen LogP contribution in [0.15, 0.2) is 78.9 Å². The van der Waals surface area contributed by atoms with E-state index in [9.17, 15) is 19.5 Å². The van der Waals surface area contributed by atoms with Crippen LogP contribution in [0.4, 0.5) is 10.5 Å². The van der Waals surface area contributed by atoms with Gasteiger partial charge in [0.15, 0.2) is 0 Å². The molecule has 206 valence electrons. The Bertz CT molecular complexity index is 1520. The normalized spacial score (nSPS) is 12.3. The minimum Gasteiger partial charge on any atom is -0.480 e. The Hall–Kier alpha value is -4.63. The molecule has 0 saturated heterocycles. The van der Waals surface area contributed by atoms with E-state index in [1.165, 1.54) is 0 Å². The van der Waals surface area contributed by atoms with Gasteiger partial charge in [-0.05, 0) is 43.2 Å². The van der Waals surface area contributed by atoms with Crippen molar-refractivity contribution in [3.05, 3.63) is 106 Å². The highest BCUT2D eigenvalue weighted by atomic mass is 35.5. The molecule has 0 bridgehead atoms. The first kappa shape index (κ1) is 28.4. The number of hydrogen-bond acceptors (Lipinski definition) is 5. The van der Waals surface area contributed by atoms with Crippen molar-refractivity contribution in [2.24, 2.45) is 7.05 Å². The van der Waals surface area contributed by atoms with Gasteiger partial charge in [-0.2, -0.15) is 5.10 Å². The first-order valence-corrected chi connectivity index (χ1v) is 13.0. The van der Waals surface area contributed by atoms with Gasteiger partial charge in [-0.1, -0.05) is 72.3 Å². The standard InChI is InChI=1S/C30H29ClN4O5/c1-18-26(33-30(39)40-19(2)20-9-5-4-6-10-20)27(34-35(18)3)21-13-15-22(16-14-21)28(36)32-25(29(37)38)17-23-11-7-8-12-24(23)31/h4-16,19,25H,17H2,1-3H3,(H,32,36)(H,33,39)(H,37,38). The van der Waals surface area contributed by atoms with Crippen molar-refractivity contribution < 1.29 is 24.2 Å². The molecule has 0 spiro atoms. The van der Waals surface area contributed by atoms with E-state index in [1.54, 1.807) is 67.2 Å². The first-order chi connectivity index (χ1) is 19.1. The summed E-state index contributed by atoms with van der Waals surface area (Å²) in [4.78, 5) is 37.4. The molecule has 0 saturated carbocycles. The molecule has 4 rings (SSSR count). The number of carboxylic acids is 1. The number of carboxylic acid groups (broad SMARTS) is 1. The lowest BCUT2D eigenvalue weighted by atomic mass is 10.0. The molecule has 4 aromatic rings. The van der Waals surface area contributed by atoms with Crippen molar-refractivity contribution in [2.45, 2.75) is 32.4 Å². The SMILES string of the molecule is Cc1c(NC(=O)OC(C)c2ccccc2)c(-c2ccc(C(=O)NC(Cc3ccccc3Cl)C(=O)O)cc2)nn1C. The number of benzene rings is 3. The van der Waals surface area contributed by atoms with Gasteiger partial charge in [-0.25, -0.2) is 9.59 Å². The molecule has 3 N–H and O–H groups in total. The Labute approximate surface area is 236 Å². The third kappa shape index (κ3) is 6.68. The third-order valence-electron chi connectivity index (χ3n) is 6.52. The molecule has 9 nitrogen and oxygen atoms in total. The van der Waals surface area contributed by atoms with Crippen molar-refractivity contribution in [3.8, 4) is 11.3 Å². The summed E-state index contributed by atoms with van der Waals surface area (Å²) in [7, 11) is 1.76. The zero-order chi connectivity index (χ0) is 28.8. The van der Waals surface area contributed by atoms with E-state index in [0.717, 1.165) is 5.56 Å². The molecule has 2 atom stereocenters. The number of ether oxygens (including phenoxy) is 1. The number of amides is 2. The highest BCUT2D eigenvalue weighted by Crippen LogP contribution is 2.31. The largest absolute Gasteiger partial charge is 0.480 e. The molecule has 3 aromatic carbocycles. The lowest BCUT2D eigenvalue weighted by Gasteiger charge is -2.16.